The van der Waals surface area contributed by atoms with E-state index >= 15 is 0 Å². The van der Waals surface area contributed by atoms with Gasteiger partial charge in [0.05, 0.1) is 0 Å². The molecule has 0 unspecified atom stereocenters. The van der Waals surface area contributed by atoms with Crippen LogP contribution < -0.4 is 5.32 Å². The van der Waals surface area contributed by atoms with Crippen molar-refractivity contribution in [2.24, 2.45) is 0 Å². The summed E-state index contributed by atoms with van der Waals surface area (Å²) < 4.78 is 0. The molecule has 2 nitrogen and oxygen atoms in total. The molecule has 3 heteroatoms. The summed E-state index contributed by atoms with van der Waals surface area (Å²) in [6.07, 6.45) is 7.08. The summed E-state index contributed by atoms with van der Waals surface area (Å²) in [4.78, 5) is 9.96. The Kier molecular flexibility index (Phi) is 7.55. The maximum absolute atomic E-state index is 9.96. The van der Waals surface area contributed by atoms with Crippen molar-refractivity contribution < 1.29 is 4.79 Å². The molecule has 1 aliphatic carbocycles. The molecule has 0 saturated heterocycles. The van der Waals surface area contributed by atoms with E-state index in [1.807, 2.05) is 0 Å². The molecule has 1 aliphatic rings. The van der Waals surface area contributed by atoms with Crippen molar-refractivity contribution in [2.75, 3.05) is 0 Å². The number of hydrogen-bond acceptors (Lipinski definition) is 1. The van der Waals surface area contributed by atoms with Gasteiger partial charge in [-0.25, -0.2) is 0 Å². The second-order valence-electron chi connectivity index (χ2n) is 2.62. The van der Waals surface area contributed by atoms with Crippen LogP contribution in [-0.4, -0.2) is 63.8 Å². The van der Waals surface area contributed by atoms with Crippen LogP contribution in [0.15, 0.2) is 0 Å². The first kappa shape index (κ1) is 11.1. The standard InChI is InChI=1S/C7H13NO.K.H/c9-6-8-7-4-2-1-3-5-7;;/h6-7H,1-5H2,(H,8,9);;. The minimum atomic E-state index is 0. The summed E-state index contributed by atoms with van der Waals surface area (Å²) >= 11 is 0. The molecule has 1 saturated carbocycles. The van der Waals surface area contributed by atoms with E-state index in [0.29, 0.717) is 6.04 Å². The number of carbonyl (C=O) groups is 1. The van der Waals surface area contributed by atoms with Crippen molar-refractivity contribution in [3.05, 3.63) is 0 Å². The van der Waals surface area contributed by atoms with E-state index in [1.165, 1.54) is 32.1 Å². The summed E-state index contributed by atoms with van der Waals surface area (Å²) in [6, 6.07) is 0.483. The summed E-state index contributed by atoms with van der Waals surface area (Å²) in [6.45, 7) is 0. The fourth-order valence-electron chi connectivity index (χ4n) is 1.37. The average molecular weight is 167 g/mol. The molecular weight excluding hydrogens is 153 g/mol. The molecule has 0 heterocycles. The van der Waals surface area contributed by atoms with Crippen LogP contribution >= 0.6 is 0 Å². The normalized spacial score (nSPS) is 19.2. The molecule has 1 rings (SSSR count). The van der Waals surface area contributed by atoms with Crippen LogP contribution in [0.3, 0.4) is 0 Å². The zero-order valence-corrected chi connectivity index (χ0v) is 5.60. The van der Waals surface area contributed by atoms with Gasteiger partial charge in [0.15, 0.2) is 0 Å². The van der Waals surface area contributed by atoms with Crippen molar-refractivity contribution in [1.82, 2.24) is 5.32 Å². The number of amides is 1. The van der Waals surface area contributed by atoms with Crippen LogP contribution in [0.2, 0.25) is 0 Å². The molecule has 54 valence electrons. The molecule has 0 spiro atoms. The minimum absolute atomic E-state index is 0. The third-order valence-electron chi connectivity index (χ3n) is 1.91. The number of hydrogen-bond donors (Lipinski definition) is 1. The van der Waals surface area contributed by atoms with Gasteiger partial charge in [0.25, 0.3) is 0 Å². The molecule has 0 aromatic carbocycles. The zero-order chi connectivity index (χ0) is 6.53. The molecule has 1 fully saturated rings. The third-order valence-corrected chi connectivity index (χ3v) is 1.91. The average Bonchev–Trinajstić information content (AvgIpc) is 1.91. The summed E-state index contributed by atoms with van der Waals surface area (Å²) in [7, 11) is 0. The van der Waals surface area contributed by atoms with Crippen molar-refractivity contribution >= 4 is 57.8 Å². The summed E-state index contributed by atoms with van der Waals surface area (Å²) in [5, 5.41) is 2.80. The van der Waals surface area contributed by atoms with Gasteiger partial charge in [-0.1, -0.05) is 19.3 Å². The van der Waals surface area contributed by atoms with Crippen LogP contribution in [0.25, 0.3) is 0 Å². The van der Waals surface area contributed by atoms with E-state index in [9.17, 15) is 4.79 Å². The Bertz CT molecular complexity index is 91.6. The van der Waals surface area contributed by atoms with Gasteiger partial charge in [-0.2, -0.15) is 0 Å². The molecule has 0 aliphatic heterocycles. The van der Waals surface area contributed by atoms with Crippen molar-refractivity contribution in [1.29, 1.82) is 0 Å². The third kappa shape index (κ3) is 4.08. The molecule has 0 aromatic heterocycles. The van der Waals surface area contributed by atoms with E-state index in [-0.39, 0.29) is 51.4 Å². The number of nitrogens with one attached hydrogen (secondary N) is 1. The van der Waals surface area contributed by atoms with Gasteiger partial charge < -0.3 is 5.32 Å². The van der Waals surface area contributed by atoms with Crippen molar-refractivity contribution in [3.8, 4) is 0 Å². The maximum atomic E-state index is 9.96. The van der Waals surface area contributed by atoms with E-state index in [4.69, 9.17) is 0 Å². The second-order valence-corrected chi connectivity index (χ2v) is 2.62. The van der Waals surface area contributed by atoms with Crippen LogP contribution in [0.1, 0.15) is 32.1 Å². The van der Waals surface area contributed by atoms with Crippen LogP contribution in [-0.2, 0) is 4.79 Å². The number of rotatable bonds is 2. The molecule has 1 N–H and O–H groups in total. The van der Waals surface area contributed by atoms with E-state index in [2.05, 4.69) is 5.32 Å². The van der Waals surface area contributed by atoms with Gasteiger partial charge in [0, 0.05) is 6.04 Å². The van der Waals surface area contributed by atoms with Gasteiger partial charge in [-0.3, -0.25) is 4.79 Å². The molecule has 1 amide bonds. The first-order chi connectivity index (χ1) is 4.43. The van der Waals surface area contributed by atoms with Crippen LogP contribution in [0.4, 0.5) is 0 Å². The molecular formula is C7H14KNO. The Morgan fingerprint density at radius 1 is 1.20 bits per heavy atom. The molecule has 0 aromatic rings. The first-order valence-electron chi connectivity index (χ1n) is 3.63. The molecule has 0 radical (unpaired) electrons. The Morgan fingerprint density at radius 3 is 2.30 bits per heavy atom. The molecule has 0 bridgehead atoms. The van der Waals surface area contributed by atoms with Crippen molar-refractivity contribution in [3.63, 3.8) is 0 Å². The molecule has 0 atom stereocenters. The Morgan fingerprint density at radius 2 is 1.80 bits per heavy atom. The quantitative estimate of drug-likeness (QED) is 0.468. The predicted molar refractivity (Wildman–Crippen MR) is 43.2 cm³/mol. The topological polar surface area (TPSA) is 29.1 Å². The van der Waals surface area contributed by atoms with Crippen LogP contribution in [0, 0.1) is 0 Å². The Labute approximate surface area is 105 Å². The van der Waals surface area contributed by atoms with Gasteiger partial charge in [-0.05, 0) is 12.8 Å². The summed E-state index contributed by atoms with van der Waals surface area (Å²) in [5.74, 6) is 0. The molecule has 10 heavy (non-hydrogen) atoms. The SMILES string of the molecule is O=CNC1CCCCC1.[KH]. The zero-order valence-electron chi connectivity index (χ0n) is 5.60. The second kappa shape index (κ2) is 6.79. The Balaban J connectivity index is 0.000000810. The first-order valence-corrected chi connectivity index (χ1v) is 3.63. The Hall–Kier alpha value is 1.11. The fourth-order valence-corrected chi connectivity index (χ4v) is 1.37. The van der Waals surface area contributed by atoms with E-state index in [0.717, 1.165) is 6.41 Å². The van der Waals surface area contributed by atoms with Gasteiger partial charge in [0.2, 0.25) is 6.41 Å². The van der Waals surface area contributed by atoms with Gasteiger partial charge in [0.1, 0.15) is 0 Å². The fraction of sp³-hybridized carbons (Fsp3) is 0.857. The van der Waals surface area contributed by atoms with Crippen LogP contribution in [0.5, 0.6) is 0 Å². The van der Waals surface area contributed by atoms with E-state index < -0.39 is 0 Å². The van der Waals surface area contributed by atoms with Crippen molar-refractivity contribution in [2.45, 2.75) is 38.1 Å². The monoisotopic (exact) mass is 167 g/mol. The van der Waals surface area contributed by atoms with E-state index in [1.54, 1.807) is 0 Å². The van der Waals surface area contributed by atoms with Gasteiger partial charge in [-0.15, -0.1) is 0 Å². The number of carbonyl (C=O) groups excluding carboxylic acids is 1. The predicted octanol–water partition coefficient (Wildman–Crippen LogP) is 0.417. The van der Waals surface area contributed by atoms with Gasteiger partial charge >= 0.3 is 51.4 Å². The summed E-state index contributed by atoms with van der Waals surface area (Å²) in [5.41, 5.74) is 0.